The molecule has 0 aliphatic carbocycles. The molecule has 0 saturated carbocycles. The van der Waals surface area contributed by atoms with E-state index >= 15 is 0 Å². The number of ether oxygens (including phenoxy) is 3. The Morgan fingerprint density at radius 2 is 0.796 bits per heavy atom. The van der Waals surface area contributed by atoms with Crippen molar-refractivity contribution in [3.63, 3.8) is 0 Å². The second-order valence-electron chi connectivity index (χ2n) is 12.8. The van der Waals surface area contributed by atoms with Gasteiger partial charge in [-0.2, -0.15) is 0 Å². The van der Waals surface area contributed by atoms with E-state index in [2.05, 4.69) is 81.5 Å². The first kappa shape index (κ1) is 46.1. The Labute approximate surface area is 300 Å². The van der Waals surface area contributed by atoms with Gasteiger partial charge in [0.15, 0.2) is 6.10 Å². The molecule has 0 N–H and O–H groups in total. The van der Waals surface area contributed by atoms with Gasteiger partial charge in [0.25, 0.3) is 0 Å². The van der Waals surface area contributed by atoms with Crippen LogP contribution >= 0.6 is 0 Å². The van der Waals surface area contributed by atoms with E-state index in [-0.39, 0.29) is 31.1 Å². The number of allylic oxidation sites excluding steroid dienone is 10. The van der Waals surface area contributed by atoms with Crippen molar-refractivity contribution in [2.24, 2.45) is 0 Å². The van der Waals surface area contributed by atoms with Crippen LogP contribution in [0.25, 0.3) is 0 Å². The summed E-state index contributed by atoms with van der Waals surface area (Å²) < 4.78 is 16.5. The zero-order valence-electron chi connectivity index (χ0n) is 31.7. The third-order valence-electron chi connectivity index (χ3n) is 7.99. The quantitative estimate of drug-likeness (QED) is 0.0290. The molecule has 280 valence electrons. The SMILES string of the molecule is CC/C=C\C/C=C\CCCCCCCC(=O)OCC(COC(=O)CCCC/C=C\C/C=C\CC)OC(=O)CCCCCC/C=C\CCCC. The summed E-state index contributed by atoms with van der Waals surface area (Å²) in [4.78, 5) is 37.4. The number of hydrogen-bond donors (Lipinski definition) is 0. The summed E-state index contributed by atoms with van der Waals surface area (Å²) in [5, 5.41) is 0. The minimum Gasteiger partial charge on any atom is -0.462 e. The summed E-state index contributed by atoms with van der Waals surface area (Å²) >= 11 is 0. The van der Waals surface area contributed by atoms with Crippen LogP contribution in [0.5, 0.6) is 0 Å². The summed E-state index contributed by atoms with van der Waals surface area (Å²) in [5.41, 5.74) is 0. The van der Waals surface area contributed by atoms with Gasteiger partial charge in [-0.1, -0.05) is 126 Å². The third kappa shape index (κ3) is 36.2. The van der Waals surface area contributed by atoms with E-state index in [1.54, 1.807) is 0 Å². The van der Waals surface area contributed by atoms with E-state index in [9.17, 15) is 14.4 Å². The van der Waals surface area contributed by atoms with Crippen molar-refractivity contribution in [1.29, 1.82) is 0 Å². The summed E-state index contributed by atoms with van der Waals surface area (Å²) in [6.07, 6.45) is 43.6. The van der Waals surface area contributed by atoms with Crippen molar-refractivity contribution in [3.05, 3.63) is 60.8 Å². The first-order valence-electron chi connectivity index (χ1n) is 19.8. The Hall–Kier alpha value is -2.89. The average molecular weight is 685 g/mol. The summed E-state index contributed by atoms with van der Waals surface area (Å²) in [5.74, 6) is -0.975. The molecule has 1 atom stereocenters. The van der Waals surface area contributed by atoms with Gasteiger partial charge in [0.2, 0.25) is 0 Å². The molecule has 1 unspecified atom stereocenters. The Balaban J connectivity index is 4.45. The zero-order chi connectivity index (χ0) is 35.9. The lowest BCUT2D eigenvalue weighted by Crippen LogP contribution is -2.30. The molecule has 49 heavy (non-hydrogen) atoms. The van der Waals surface area contributed by atoms with Crippen LogP contribution in [0, 0.1) is 0 Å². The van der Waals surface area contributed by atoms with Crippen LogP contribution in [-0.4, -0.2) is 37.2 Å². The Bertz CT molecular complexity index is 929. The van der Waals surface area contributed by atoms with Gasteiger partial charge < -0.3 is 14.2 Å². The molecule has 0 aromatic heterocycles. The number of esters is 3. The predicted octanol–water partition coefficient (Wildman–Crippen LogP) is 12.2. The molecule has 0 spiro atoms. The van der Waals surface area contributed by atoms with E-state index in [0.717, 1.165) is 122 Å². The normalized spacial score (nSPS) is 12.6. The van der Waals surface area contributed by atoms with Gasteiger partial charge in [-0.3, -0.25) is 14.4 Å². The van der Waals surface area contributed by atoms with Crippen molar-refractivity contribution in [2.45, 2.75) is 181 Å². The maximum atomic E-state index is 12.6. The lowest BCUT2D eigenvalue weighted by atomic mass is 10.1. The van der Waals surface area contributed by atoms with Crippen LogP contribution in [-0.2, 0) is 28.6 Å². The van der Waals surface area contributed by atoms with Crippen LogP contribution in [0.2, 0.25) is 0 Å². The fourth-order valence-corrected chi connectivity index (χ4v) is 5.02. The molecule has 0 rings (SSSR count). The molecule has 0 bridgehead atoms. The van der Waals surface area contributed by atoms with Gasteiger partial charge in [-0.05, 0) is 89.9 Å². The van der Waals surface area contributed by atoms with Gasteiger partial charge in [-0.25, -0.2) is 0 Å². The lowest BCUT2D eigenvalue weighted by molar-refractivity contribution is -0.167. The highest BCUT2D eigenvalue weighted by Gasteiger charge is 2.19. The maximum absolute atomic E-state index is 12.6. The van der Waals surface area contributed by atoms with E-state index in [0.29, 0.717) is 19.3 Å². The maximum Gasteiger partial charge on any atom is 0.306 e. The van der Waals surface area contributed by atoms with Crippen molar-refractivity contribution >= 4 is 17.9 Å². The van der Waals surface area contributed by atoms with Crippen molar-refractivity contribution in [2.75, 3.05) is 13.2 Å². The predicted molar refractivity (Wildman–Crippen MR) is 205 cm³/mol. The first-order valence-corrected chi connectivity index (χ1v) is 19.8. The monoisotopic (exact) mass is 685 g/mol. The summed E-state index contributed by atoms with van der Waals surface area (Å²) in [6, 6.07) is 0. The number of rotatable bonds is 34. The van der Waals surface area contributed by atoms with Gasteiger partial charge in [0, 0.05) is 19.3 Å². The van der Waals surface area contributed by atoms with E-state index in [1.165, 1.54) is 12.8 Å². The molecule has 0 fully saturated rings. The number of hydrogen-bond acceptors (Lipinski definition) is 6. The lowest BCUT2D eigenvalue weighted by Gasteiger charge is -2.18. The van der Waals surface area contributed by atoms with Crippen molar-refractivity contribution in [1.82, 2.24) is 0 Å². The molecule has 6 nitrogen and oxygen atoms in total. The molecular weight excluding hydrogens is 612 g/mol. The molecule has 0 saturated heterocycles. The summed E-state index contributed by atoms with van der Waals surface area (Å²) in [6.45, 7) is 6.26. The Morgan fingerprint density at radius 3 is 1.29 bits per heavy atom. The van der Waals surface area contributed by atoms with Crippen LogP contribution in [0.1, 0.15) is 175 Å². The highest BCUT2D eigenvalue weighted by Crippen LogP contribution is 2.12. The van der Waals surface area contributed by atoms with Crippen molar-refractivity contribution < 1.29 is 28.6 Å². The van der Waals surface area contributed by atoms with Gasteiger partial charge in [0.05, 0.1) is 0 Å². The highest BCUT2D eigenvalue weighted by atomic mass is 16.6. The van der Waals surface area contributed by atoms with Gasteiger partial charge in [-0.15, -0.1) is 0 Å². The van der Waals surface area contributed by atoms with Crippen molar-refractivity contribution in [3.8, 4) is 0 Å². The molecule has 6 heteroatoms. The van der Waals surface area contributed by atoms with Crippen LogP contribution < -0.4 is 0 Å². The molecule has 0 aliphatic rings. The van der Waals surface area contributed by atoms with Crippen LogP contribution in [0.4, 0.5) is 0 Å². The van der Waals surface area contributed by atoms with Gasteiger partial charge >= 0.3 is 17.9 Å². The number of unbranched alkanes of at least 4 members (excludes halogenated alkanes) is 13. The standard InChI is InChI=1S/C43H72O6/c1-4-7-10-13-16-19-21-22-25-27-30-33-36-42(45)48-39-40(38-47-41(44)35-32-29-26-23-18-15-12-9-6-3)49-43(46)37-34-31-28-24-20-17-14-11-8-5-2/h7,9-10,12,14,16-19,23,40H,4-6,8,11,13,15,20-22,24-39H2,1-3H3/b10-7-,12-9-,17-14-,19-16-,23-18-. The fourth-order valence-electron chi connectivity index (χ4n) is 5.02. The van der Waals surface area contributed by atoms with E-state index < -0.39 is 6.10 Å². The first-order chi connectivity index (χ1) is 24.0. The highest BCUT2D eigenvalue weighted by molar-refractivity contribution is 5.71. The Morgan fingerprint density at radius 1 is 0.429 bits per heavy atom. The molecule has 0 aromatic carbocycles. The number of carbonyl (C=O) groups is 3. The second-order valence-corrected chi connectivity index (χ2v) is 12.8. The minimum atomic E-state index is -0.793. The van der Waals surface area contributed by atoms with Crippen LogP contribution in [0.3, 0.4) is 0 Å². The molecule has 0 heterocycles. The number of carbonyl (C=O) groups excluding carboxylic acids is 3. The van der Waals surface area contributed by atoms with Crippen LogP contribution in [0.15, 0.2) is 60.8 Å². The topological polar surface area (TPSA) is 78.9 Å². The van der Waals surface area contributed by atoms with Gasteiger partial charge in [0.1, 0.15) is 13.2 Å². The average Bonchev–Trinajstić information content (AvgIpc) is 3.10. The smallest absolute Gasteiger partial charge is 0.306 e. The fraction of sp³-hybridized carbons (Fsp3) is 0.698. The molecule has 0 aliphatic heterocycles. The zero-order valence-corrected chi connectivity index (χ0v) is 31.7. The summed E-state index contributed by atoms with van der Waals surface area (Å²) in [7, 11) is 0. The van der Waals surface area contributed by atoms with E-state index in [4.69, 9.17) is 14.2 Å². The molecular formula is C43H72O6. The van der Waals surface area contributed by atoms with E-state index in [1.807, 2.05) is 0 Å². The second kappa shape index (κ2) is 37.9. The minimum absolute atomic E-state index is 0.0979. The molecule has 0 aromatic rings. The Kier molecular flexibility index (Phi) is 35.7. The molecule has 0 amide bonds. The molecule has 0 radical (unpaired) electrons. The largest absolute Gasteiger partial charge is 0.462 e. The third-order valence-corrected chi connectivity index (χ3v) is 7.99.